The molecule has 2 aromatic rings. The molecule has 0 fully saturated rings. The molecule has 1 aliphatic rings. The normalized spacial score (nSPS) is 14.5. The van der Waals surface area contributed by atoms with Gasteiger partial charge in [0.2, 0.25) is 5.91 Å². The Balaban J connectivity index is 1.94. The van der Waals surface area contributed by atoms with Gasteiger partial charge >= 0.3 is 0 Å². The Morgan fingerprint density at radius 3 is 2.62 bits per heavy atom. The highest BCUT2D eigenvalue weighted by Gasteiger charge is 2.23. The van der Waals surface area contributed by atoms with E-state index in [0.717, 1.165) is 11.3 Å². The topological polar surface area (TPSA) is 64.3 Å². The zero-order valence-electron chi connectivity index (χ0n) is 11.5. The monoisotopic (exact) mass is 286 g/mol. The SMILES string of the molecule is COc1ccc(C(N)c2cc(F)c3c(c2)CC(=O)N3)cc1. The molecule has 3 N–H and O–H groups in total. The van der Waals surface area contributed by atoms with Crippen LogP contribution in [0.15, 0.2) is 36.4 Å². The number of fused-ring (bicyclic) bond motifs is 1. The van der Waals surface area contributed by atoms with Crippen molar-refractivity contribution in [1.82, 2.24) is 0 Å². The van der Waals surface area contributed by atoms with Crippen molar-refractivity contribution in [3.05, 3.63) is 58.9 Å². The number of nitrogens with one attached hydrogen (secondary N) is 1. The Bertz CT molecular complexity index is 698. The van der Waals surface area contributed by atoms with Gasteiger partial charge in [-0.25, -0.2) is 4.39 Å². The third-order valence-electron chi connectivity index (χ3n) is 3.64. The molecule has 0 spiro atoms. The van der Waals surface area contributed by atoms with E-state index in [0.29, 0.717) is 11.1 Å². The third-order valence-corrected chi connectivity index (χ3v) is 3.64. The Kier molecular flexibility index (Phi) is 3.35. The van der Waals surface area contributed by atoms with Gasteiger partial charge in [-0.05, 0) is 34.9 Å². The first-order valence-electron chi connectivity index (χ1n) is 6.60. The van der Waals surface area contributed by atoms with Crippen LogP contribution < -0.4 is 15.8 Å². The van der Waals surface area contributed by atoms with E-state index in [-0.39, 0.29) is 18.0 Å². The van der Waals surface area contributed by atoms with Crippen LogP contribution in [0.4, 0.5) is 10.1 Å². The first-order valence-corrected chi connectivity index (χ1v) is 6.60. The van der Waals surface area contributed by atoms with Crippen LogP contribution in [0.2, 0.25) is 0 Å². The Hall–Kier alpha value is -2.40. The minimum atomic E-state index is -0.452. The van der Waals surface area contributed by atoms with Gasteiger partial charge in [0, 0.05) is 0 Å². The Morgan fingerprint density at radius 1 is 1.24 bits per heavy atom. The van der Waals surface area contributed by atoms with Crippen molar-refractivity contribution in [2.45, 2.75) is 12.5 Å². The van der Waals surface area contributed by atoms with Gasteiger partial charge in [0.25, 0.3) is 0 Å². The molecule has 108 valence electrons. The lowest BCUT2D eigenvalue weighted by atomic mass is 9.97. The largest absolute Gasteiger partial charge is 0.497 e. The Labute approximate surface area is 121 Å². The first-order chi connectivity index (χ1) is 10.1. The molecule has 21 heavy (non-hydrogen) atoms. The number of hydrogen-bond acceptors (Lipinski definition) is 3. The van der Waals surface area contributed by atoms with Crippen molar-refractivity contribution < 1.29 is 13.9 Å². The van der Waals surface area contributed by atoms with Crippen LogP contribution in [0.5, 0.6) is 5.75 Å². The smallest absolute Gasteiger partial charge is 0.228 e. The zero-order valence-corrected chi connectivity index (χ0v) is 11.5. The molecular weight excluding hydrogens is 271 g/mol. The number of methoxy groups -OCH3 is 1. The average Bonchev–Trinajstić information content (AvgIpc) is 2.87. The fourth-order valence-corrected chi connectivity index (χ4v) is 2.51. The lowest BCUT2D eigenvalue weighted by Crippen LogP contribution is -2.12. The van der Waals surface area contributed by atoms with E-state index in [2.05, 4.69) is 5.32 Å². The summed E-state index contributed by atoms with van der Waals surface area (Å²) in [7, 11) is 1.59. The molecule has 1 unspecified atom stereocenters. The van der Waals surface area contributed by atoms with E-state index in [1.54, 1.807) is 13.2 Å². The second-order valence-corrected chi connectivity index (χ2v) is 5.01. The molecule has 0 saturated heterocycles. The molecule has 3 rings (SSSR count). The van der Waals surface area contributed by atoms with Gasteiger partial charge in [-0.1, -0.05) is 18.2 Å². The minimum absolute atomic E-state index is 0.190. The van der Waals surface area contributed by atoms with E-state index < -0.39 is 11.9 Å². The summed E-state index contributed by atoms with van der Waals surface area (Å²) in [6.45, 7) is 0. The summed E-state index contributed by atoms with van der Waals surface area (Å²) in [5.41, 5.74) is 8.61. The first kappa shape index (κ1) is 13.6. The maximum atomic E-state index is 14.0. The molecule has 0 aliphatic carbocycles. The van der Waals surface area contributed by atoms with Crippen molar-refractivity contribution >= 4 is 11.6 Å². The fourth-order valence-electron chi connectivity index (χ4n) is 2.51. The number of hydrogen-bond donors (Lipinski definition) is 2. The number of ether oxygens (including phenoxy) is 1. The van der Waals surface area contributed by atoms with Gasteiger partial charge in [0.15, 0.2) is 0 Å². The van der Waals surface area contributed by atoms with Gasteiger partial charge in [-0.3, -0.25) is 4.79 Å². The van der Waals surface area contributed by atoms with Crippen LogP contribution in [0.1, 0.15) is 22.7 Å². The number of rotatable bonds is 3. The van der Waals surface area contributed by atoms with Crippen LogP contribution in [0, 0.1) is 5.82 Å². The summed E-state index contributed by atoms with van der Waals surface area (Å²) in [6, 6.07) is 10.0. The summed E-state index contributed by atoms with van der Waals surface area (Å²) < 4.78 is 19.1. The second kappa shape index (κ2) is 5.18. The quantitative estimate of drug-likeness (QED) is 0.910. The second-order valence-electron chi connectivity index (χ2n) is 5.01. The summed E-state index contributed by atoms with van der Waals surface area (Å²) >= 11 is 0. The molecule has 0 radical (unpaired) electrons. The van der Waals surface area contributed by atoms with Crippen LogP contribution in [-0.2, 0) is 11.2 Å². The molecule has 1 atom stereocenters. The fraction of sp³-hybridized carbons (Fsp3) is 0.188. The Morgan fingerprint density at radius 2 is 1.95 bits per heavy atom. The van der Waals surface area contributed by atoms with Crippen LogP contribution >= 0.6 is 0 Å². The summed E-state index contributed by atoms with van der Waals surface area (Å²) in [4.78, 5) is 11.4. The average molecular weight is 286 g/mol. The van der Waals surface area contributed by atoms with Crippen molar-refractivity contribution in [3.8, 4) is 5.75 Å². The van der Waals surface area contributed by atoms with Gasteiger partial charge < -0.3 is 15.8 Å². The number of carbonyl (C=O) groups excluding carboxylic acids is 1. The maximum absolute atomic E-state index is 14.0. The number of nitrogens with two attached hydrogens (primary N) is 1. The molecule has 5 heteroatoms. The number of amides is 1. The molecular formula is C16H15FN2O2. The number of halogens is 1. The minimum Gasteiger partial charge on any atom is -0.497 e. The van der Waals surface area contributed by atoms with Crippen LogP contribution in [-0.4, -0.2) is 13.0 Å². The molecule has 2 aromatic carbocycles. The highest BCUT2D eigenvalue weighted by molar-refractivity contribution is 5.99. The summed E-state index contributed by atoms with van der Waals surface area (Å²) in [5.74, 6) is 0.0947. The molecule has 1 heterocycles. The summed E-state index contributed by atoms with van der Waals surface area (Å²) in [5, 5.41) is 2.52. The van der Waals surface area contributed by atoms with E-state index in [1.165, 1.54) is 6.07 Å². The van der Waals surface area contributed by atoms with Gasteiger partial charge in [0.05, 0.1) is 25.3 Å². The highest BCUT2D eigenvalue weighted by atomic mass is 19.1. The molecule has 0 aromatic heterocycles. The highest BCUT2D eigenvalue weighted by Crippen LogP contribution is 2.31. The third kappa shape index (κ3) is 2.48. The molecule has 0 saturated carbocycles. The van der Waals surface area contributed by atoms with E-state index in [4.69, 9.17) is 10.5 Å². The van der Waals surface area contributed by atoms with E-state index >= 15 is 0 Å². The molecule has 4 nitrogen and oxygen atoms in total. The van der Waals surface area contributed by atoms with Gasteiger partial charge in [-0.2, -0.15) is 0 Å². The number of benzene rings is 2. The maximum Gasteiger partial charge on any atom is 0.228 e. The molecule has 1 aliphatic heterocycles. The van der Waals surface area contributed by atoms with Crippen molar-refractivity contribution in [2.24, 2.45) is 5.73 Å². The van der Waals surface area contributed by atoms with Crippen LogP contribution in [0.25, 0.3) is 0 Å². The zero-order chi connectivity index (χ0) is 15.0. The van der Waals surface area contributed by atoms with Gasteiger partial charge in [-0.15, -0.1) is 0 Å². The predicted octanol–water partition coefficient (Wildman–Crippen LogP) is 2.38. The van der Waals surface area contributed by atoms with Crippen LogP contribution in [0.3, 0.4) is 0 Å². The summed E-state index contributed by atoms with van der Waals surface area (Å²) in [6.07, 6.45) is 0.190. The number of carbonyl (C=O) groups is 1. The van der Waals surface area contributed by atoms with Crippen molar-refractivity contribution in [2.75, 3.05) is 12.4 Å². The van der Waals surface area contributed by atoms with Gasteiger partial charge in [0.1, 0.15) is 11.6 Å². The lowest BCUT2D eigenvalue weighted by molar-refractivity contribution is -0.115. The van der Waals surface area contributed by atoms with E-state index in [1.807, 2.05) is 24.3 Å². The molecule has 0 bridgehead atoms. The number of anilines is 1. The van der Waals surface area contributed by atoms with E-state index in [9.17, 15) is 9.18 Å². The standard InChI is InChI=1S/C16H15FN2O2/c1-21-12-4-2-9(3-5-12)15(18)10-6-11-8-14(20)19-16(11)13(17)7-10/h2-7,15H,8,18H2,1H3,(H,19,20). The molecule has 1 amide bonds. The van der Waals surface area contributed by atoms with Crippen molar-refractivity contribution in [3.63, 3.8) is 0 Å². The lowest BCUT2D eigenvalue weighted by Gasteiger charge is -2.15. The van der Waals surface area contributed by atoms with Crippen molar-refractivity contribution in [1.29, 1.82) is 0 Å². The predicted molar refractivity (Wildman–Crippen MR) is 77.8 cm³/mol.